The molecule has 4 aromatic carbocycles. The number of rotatable bonds is 2. The summed E-state index contributed by atoms with van der Waals surface area (Å²) in [6, 6.07) is 35.8. The van der Waals surface area contributed by atoms with E-state index in [0.29, 0.717) is 0 Å². The Labute approximate surface area is 196 Å². The molecule has 0 radical (unpaired) electrons. The van der Waals surface area contributed by atoms with Crippen LogP contribution in [0.1, 0.15) is 0 Å². The van der Waals surface area contributed by atoms with Crippen LogP contribution < -0.4 is 0 Å². The second-order valence-electron chi connectivity index (χ2n) is 8.49. The predicted molar refractivity (Wildman–Crippen MR) is 141 cm³/mol. The van der Waals surface area contributed by atoms with Gasteiger partial charge in [-0.1, -0.05) is 78.9 Å². The Morgan fingerprint density at radius 2 is 1.32 bits per heavy atom. The maximum Gasteiger partial charge on any atom is 0.0972 e. The van der Waals surface area contributed by atoms with Gasteiger partial charge in [0.05, 0.1) is 22.4 Å². The Bertz CT molecular complexity index is 1830. The van der Waals surface area contributed by atoms with E-state index in [1.54, 1.807) is 0 Å². The third kappa shape index (κ3) is 2.87. The van der Waals surface area contributed by atoms with Crippen molar-refractivity contribution in [2.75, 3.05) is 0 Å². The third-order valence-electron chi connectivity index (χ3n) is 6.55. The fourth-order valence-corrected chi connectivity index (χ4v) is 4.97. The number of hydrogen-bond donors (Lipinski definition) is 0. The molecule has 7 aromatic rings. The van der Waals surface area contributed by atoms with Crippen molar-refractivity contribution in [3.63, 3.8) is 0 Å². The van der Waals surface area contributed by atoms with Crippen LogP contribution in [0.4, 0.5) is 0 Å². The summed E-state index contributed by atoms with van der Waals surface area (Å²) in [6.45, 7) is 0. The summed E-state index contributed by atoms with van der Waals surface area (Å²) in [4.78, 5) is 14.4. The zero-order chi connectivity index (χ0) is 22.5. The van der Waals surface area contributed by atoms with E-state index in [4.69, 9.17) is 9.97 Å². The van der Waals surface area contributed by atoms with Crippen molar-refractivity contribution in [3.05, 3.63) is 116 Å². The highest BCUT2D eigenvalue weighted by Crippen LogP contribution is 2.37. The van der Waals surface area contributed by atoms with Gasteiger partial charge in [0.25, 0.3) is 0 Å². The van der Waals surface area contributed by atoms with E-state index in [1.807, 2.05) is 36.7 Å². The van der Waals surface area contributed by atoms with Crippen LogP contribution in [0.2, 0.25) is 0 Å². The molecule has 0 saturated carbocycles. The summed E-state index contributed by atoms with van der Waals surface area (Å²) in [7, 11) is 0. The SMILES string of the molecule is c1ccc2c(c1)ccc1c(-c3ccc(-c4cccc5ncccc45)cn3)nc3ccccc3c12. The summed E-state index contributed by atoms with van der Waals surface area (Å²) < 4.78 is 0. The van der Waals surface area contributed by atoms with Crippen molar-refractivity contribution in [2.24, 2.45) is 0 Å². The van der Waals surface area contributed by atoms with Crippen LogP contribution in [0.25, 0.3) is 65.9 Å². The summed E-state index contributed by atoms with van der Waals surface area (Å²) in [5, 5.41) is 7.10. The minimum atomic E-state index is 0.869. The van der Waals surface area contributed by atoms with E-state index in [0.717, 1.165) is 49.7 Å². The normalized spacial score (nSPS) is 11.5. The predicted octanol–water partition coefficient (Wildman–Crippen LogP) is 7.82. The minimum absolute atomic E-state index is 0.869. The molecule has 3 nitrogen and oxygen atoms in total. The van der Waals surface area contributed by atoms with Gasteiger partial charge in [-0.25, -0.2) is 4.98 Å². The van der Waals surface area contributed by atoms with E-state index in [1.165, 1.54) is 16.2 Å². The number of para-hydroxylation sites is 1. The Morgan fingerprint density at radius 1 is 0.500 bits per heavy atom. The fraction of sp³-hybridized carbons (Fsp3) is 0. The zero-order valence-corrected chi connectivity index (χ0v) is 18.3. The standard InChI is InChI=1S/C31H19N3/c1-2-8-23-20(7-1)14-16-26-30(23)25-9-3-4-12-28(25)34-31(26)29-17-15-21(19-33-29)22-10-5-13-27-24(22)11-6-18-32-27/h1-19H. The number of pyridine rings is 3. The molecule has 7 rings (SSSR count). The lowest BCUT2D eigenvalue weighted by molar-refractivity contribution is 1.29. The lowest BCUT2D eigenvalue weighted by Gasteiger charge is -2.12. The molecule has 0 aliphatic heterocycles. The van der Waals surface area contributed by atoms with Crippen LogP contribution in [-0.4, -0.2) is 15.0 Å². The maximum atomic E-state index is 5.06. The smallest absolute Gasteiger partial charge is 0.0972 e. The van der Waals surface area contributed by atoms with Crippen molar-refractivity contribution >= 4 is 43.4 Å². The number of aromatic nitrogens is 3. The van der Waals surface area contributed by atoms with Gasteiger partial charge in [-0.3, -0.25) is 9.97 Å². The molecule has 0 aliphatic carbocycles. The van der Waals surface area contributed by atoms with Crippen LogP contribution in [-0.2, 0) is 0 Å². The molecule has 34 heavy (non-hydrogen) atoms. The molecule has 0 atom stereocenters. The highest BCUT2D eigenvalue weighted by Gasteiger charge is 2.14. The van der Waals surface area contributed by atoms with Gasteiger partial charge < -0.3 is 0 Å². The van der Waals surface area contributed by atoms with Crippen molar-refractivity contribution in [1.29, 1.82) is 0 Å². The molecular formula is C31H19N3. The second-order valence-corrected chi connectivity index (χ2v) is 8.49. The quantitative estimate of drug-likeness (QED) is 0.261. The average molecular weight is 434 g/mol. The zero-order valence-electron chi connectivity index (χ0n) is 18.3. The summed E-state index contributed by atoms with van der Waals surface area (Å²) in [5.41, 5.74) is 5.94. The summed E-state index contributed by atoms with van der Waals surface area (Å²) in [5.74, 6) is 0. The molecule has 158 valence electrons. The van der Waals surface area contributed by atoms with Crippen LogP contribution in [0.3, 0.4) is 0 Å². The van der Waals surface area contributed by atoms with Crippen molar-refractivity contribution in [3.8, 4) is 22.5 Å². The first-order valence-corrected chi connectivity index (χ1v) is 11.4. The van der Waals surface area contributed by atoms with Gasteiger partial charge in [-0.05, 0) is 40.6 Å². The molecule has 0 saturated heterocycles. The fourth-order valence-electron chi connectivity index (χ4n) is 4.97. The van der Waals surface area contributed by atoms with E-state index in [9.17, 15) is 0 Å². The van der Waals surface area contributed by atoms with Gasteiger partial charge in [0.2, 0.25) is 0 Å². The average Bonchev–Trinajstić information content (AvgIpc) is 2.92. The van der Waals surface area contributed by atoms with Gasteiger partial charge in [-0.2, -0.15) is 0 Å². The Hall–Kier alpha value is -4.63. The topological polar surface area (TPSA) is 38.7 Å². The van der Waals surface area contributed by atoms with Gasteiger partial charge in [0.15, 0.2) is 0 Å². The molecule has 0 spiro atoms. The van der Waals surface area contributed by atoms with Gasteiger partial charge in [-0.15, -0.1) is 0 Å². The second kappa shape index (κ2) is 7.46. The van der Waals surface area contributed by atoms with E-state index < -0.39 is 0 Å². The number of benzene rings is 4. The Morgan fingerprint density at radius 3 is 2.24 bits per heavy atom. The first-order chi connectivity index (χ1) is 16.9. The molecule has 0 amide bonds. The Kier molecular flexibility index (Phi) is 4.15. The van der Waals surface area contributed by atoms with Crippen molar-refractivity contribution in [1.82, 2.24) is 15.0 Å². The van der Waals surface area contributed by atoms with E-state index >= 15 is 0 Å². The third-order valence-corrected chi connectivity index (χ3v) is 6.55. The lowest BCUT2D eigenvalue weighted by atomic mass is 9.96. The molecule has 3 heterocycles. The largest absolute Gasteiger partial charge is 0.256 e. The van der Waals surface area contributed by atoms with E-state index in [2.05, 4.69) is 83.8 Å². The first-order valence-electron chi connectivity index (χ1n) is 11.4. The summed E-state index contributed by atoms with van der Waals surface area (Å²) in [6.07, 6.45) is 3.77. The van der Waals surface area contributed by atoms with Gasteiger partial charge in [0, 0.05) is 39.5 Å². The molecule has 0 aliphatic rings. The van der Waals surface area contributed by atoms with Gasteiger partial charge in [0.1, 0.15) is 0 Å². The van der Waals surface area contributed by atoms with Crippen LogP contribution in [0, 0.1) is 0 Å². The van der Waals surface area contributed by atoms with Crippen molar-refractivity contribution in [2.45, 2.75) is 0 Å². The van der Waals surface area contributed by atoms with Crippen LogP contribution in [0.5, 0.6) is 0 Å². The lowest BCUT2D eigenvalue weighted by Crippen LogP contribution is -1.93. The van der Waals surface area contributed by atoms with E-state index in [-0.39, 0.29) is 0 Å². The number of hydrogen-bond acceptors (Lipinski definition) is 3. The highest BCUT2D eigenvalue weighted by atomic mass is 14.8. The molecule has 3 aromatic heterocycles. The molecule has 0 fully saturated rings. The van der Waals surface area contributed by atoms with Crippen LogP contribution in [0.15, 0.2) is 116 Å². The molecular weight excluding hydrogens is 414 g/mol. The molecule has 3 heteroatoms. The molecule has 0 bridgehead atoms. The maximum absolute atomic E-state index is 5.06. The molecule has 0 N–H and O–H groups in total. The monoisotopic (exact) mass is 433 g/mol. The van der Waals surface area contributed by atoms with Crippen molar-refractivity contribution < 1.29 is 0 Å². The first kappa shape index (κ1) is 18.9. The molecule has 0 unspecified atom stereocenters. The Balaban J connectivity index is 1.46. The number of fused-ring (bicyclic) bond motifs is 6. The number of nitrogens with zero attached hydrogens (tertiary/aromatic N) is 3. The summed E-state index contributed by atoms with van der Waals surface area (Å²) >= 11 is 0. The highest BCUT2D eigenvalue weighted by molar-refractivity contribution is 6.22. The minimum Gasteiger partial charge on any atom is -0.256 e. The van der Waals surface area contributed by atoms with Gasteiger partial charge >= 0.3 is 0 Å². The van der Waals surface area contributed by atoms with Crippen LogP contribution >= 0.6 is 0 Å².